The van der Waals surface area contributed by atoms with E-state index >= 15 is 0 Å². The third-order valence-corrected chi connectivity index (χ3v) is 7.91. The summed E-state index contributed by atoms with van der Waals surface area (Å²) in [5.41, 5.74) is 8.29. The number of nitrogens with zero attached hydrogens (tertiary/aromatic N) is 3. The van der Waals surface area contributed by atoms with Crippen LogP contribution in [0.5, 0.6) is 0 Å². The molecule has 7 nitrogen and oxygen atoms in total. The number of fused-ring (bicyclic) bond motifs is 1. The summed E-state index contributed by atoms with van der Waals surface area (Å²) in [7, 11) is 0. The number of amides is 2. The van der Waals surface area contributed by atoms with E-state index in [1.54, 1.807) is 0 Å². The molecule has 1 heterocycles. The molecule has 0 fully saturated rings. The number of rotatable bonds is 9. The fourth-order valence-corrected chi connectivity index (χ4v) is 5.55. The molecule has 2 amide bonds. The van der Waals surface area contributed by atoms with Gasteiger partial charge < -0.3 is 19.2 Å². The average Bonchev–Trinajstić information content (AvgIpc) is 3.29. The maximum atomic E-state index is 13.3. The second-order valence-electron chi connectivity index (χ2n) is 13.1. The Bertz CT molecular complexity index is 1870. The van der Waals surface area contributed by atoms with Crippen LogP contribution in [0.1, 0.15) is 60.2 Å². The van der Waals surface area contributed by atoms with Crippen molar-refractivity contribution in [3.8, 4) is 0 Å². The van der Waals surface area contributed by atoms with E-state index in [2.05, 4.69) is 81.8 Å². The molecule has 0 aliphatic rings. The van der Waals surface area contributed by atoms with Gasteiger partial charge in [-0.1, -0.05) is 102 Å². The number of carbonyl (C=O) groups is 2. The lowest BCUT2D eigenvalue weighted by Gasteiger charge is -2.22. The zero-order chi connectivity index (χ0) is 32.8. The summed E-state index contributed by atoms with van der Waals surface area (Å²) >= 11 is 0. The van der Waals surface area contributed by atoms with Crippen LogP contribution in [-0.2, 0) is 28.9 Å². The lowest BCUT2D eigenvalue weighted by molar-refractivity contribution is -0.120. The van der Waals surface area contributed by atoms with E-state index in [1.165, 1.54) is 11.1 Å². The maximum Gasteiger partial charge on any atom is 0.437 e. The zero-order valence-corrected chi connectivity index (χ0v) is 27.7. The van der Waals surface area contributed by atoms with Crippen LogP contribution in [0.4, 0.5) is 4.79 Å². The van der Waals surface area contributed by atoms with Crippen LogP contribution in [0.2, 0.25) is 0 Å². The van der Waals surface area contributed by atoms with E-state index in [-0.39, 0.29) is 18.4 Å². The largest absolute Gasteiger partial charge is 0.442 e. The van der Waals surface area contributed by atoms with Crippen molar-refractivity contribution in [2.75, 3.05) is 6.54 Å². The van der Waals surface area contributed by atoms with E-state index < -0.39 is 11.7 Å². The van der Waals surface area contributed by atoms with E-state index in [0.717, 1.165) is 33.3 Å². The Morgan fingerprint density at radius 1 is 0.739 bits per heavy atom. The molecule has 1 unspecified atom stereocenters. The van der Waals surface area contributed by atoms with E-state index in [0.29, 0.717) is 25.1 Å². The number of carbonyl (C=O) groups excluding carboxylic acids is 2. The molecule has 4 aromatic carbocycles. The minimum atomic E-state index is -0.704. The highest BCUT2D eigenvalue weighted by atomic mass is 16.6. The topological polar surface area (TPSA) is 77.6 Å². The van der Waals surface area contributed by atoms with Crippen LogP contribution < -0.4 is 10.9 Å². The van der Waals surface area contributed by atoms with Gasteiger partial charge in [0.15, 0.2) is 0 Å². The fraction of sp³-hybridized carbons (Fsp3) is 0.308. The van der Waals surface area contributed by atoms with Gasteiger partial charge in [0, 0.05) is 6.54 Å². The molecule has 1 N–H and O–H groups in total. The highest BCUT2D eigenvalue weighted by molar-refractivity contribution is 5.79. The average molecular weight is 617 g/mol. The first-order chi connectivity index (χ1) is 21.9. The highest BCUT2D eigenvalue weighted by Crippen LogP contribution is 2.22. The molecule has 5 aromatic rings. The predicted molar refractivity (Wildman–Crippen MR) is 184 cm³/mol. The van der Waals surface area contributed by atoms with Crippen molar-refractivity contribution in [1.82, 2.24) is 14.5 Å². The molecule has 46 heavy (non-hydrogen) atoms. The molecule has 1 atom stereocenters. The molecular formula is C39H44N4O3. The number of hydrogen-bond donors (Lipinski definition) is 1. The molecule has 0 spiro atoms. The predicted octanol–water partition coefficient (Wildman–Crippen LogP) is 7.39. The summed E-state index contributed by atoms with van der Waals surface area (Å²) in [6.45, 7) is 12.5. The monoisotopic (exact) mass is 616 g/mol. The molecule has 7 heteroatoms. The van der Waals surface area contributed by atoms with Gasteiger partial charge in [0.2, 0.25) is 11.5 Å². The van der Waals surface area contributed by atoms with Crippen molar-refractivity contribution in [1.29, 1.82) is 0 Å². The molecule has 0 saturated heterocycles. The molecular weight excluding hydrogens is 572 g/mol. The van der Waals surface area contributed by atoms with Crippen LogP contribution in [-0.4, -0.2) is 33.3 Å². The standard InChI is InChI=1S/C39H44N4O3/c1-27-11-17-30(18-12-27)23-33(25-40-36(44)24-31-19-13-28(2)14-20-31)43-35-10-8-7-9-34(35)42(26-32-21-15-29(3)16-22-32)37(43)41-38(45)46-39(4,5)6/h7-22,33H,23-26H2,1-6H3,(H,40,44). The van der Waals surface area contributed by atoms with Crippen molar-refractivity contribution in [2.45, 2.75) is 72.6 Å². The smallest absolute Gasteiger partial charge is 0.437 e. The minimum Gasteiger partial charge on any atom is -0.442 e. The highest BCUT2D eigenvalue weighted by Gasteiger charge is 2.23. The van der Waals surface area contributed by atoms with Crippen molar-refractivity contribution in [3.05, 3.63) is 136 Å². The van der Waals surface area contributed by atoms with Gasteiger partial charge in [0.05, 0.1) is 30.0 Å². The lowest BCUT2D eigenvalue weighted by Crippen LogP contribution is -2.38. The first-order valence-corrected chi connectivity index (χ1v) is 15.9. The van der Waals surface area contributed by atoms with E-state index in [9.17, 15) is 9.59 Å². The zero-order valence-electron chi connectivity index (χ0n) is 27.7. The third kappa shape index (κ3) is 8.42. The van der Waals surface area contributed by atoms with Crippen LogP contribution >= 0.6 is 0 Å². The van der Waals surface area contributed by atoms with Crippen LogP contribution in [0.3, 0.4) is 0 Å². The summed E-state index contributed by atoms with van der Waals surface area (Å²) < 4.78 is 9.86. The Morgan fingerprint density at radius 3 is 1.83 bits per heavy atom. The Kier molecular flexibility index (Phi) is 9.90. The molecule has 0 radical (unpaired) electrons. The van der Waals surface area contributed by atoms with Crippen LogP contribution in [0.15, 0.2) is 102 Å². The third-order valence-electron chi connectivity index (χ3n) is 7.91. The Hall–Kier alpha value is -4.91. The van der Waals surface area contributed by atoms with Crippen molar-refractivity contribution >= 4 is 23.0 Å². The molecule has 0 bridgehead atoms. The minimum absolute atomic E-state index is 0.0626. The fourth-order valence-electron chi connectivity index (χ4n) is 5.55. The number of para-hydroxylation sites is 2. The number of aromatic nitrogens is 2. The van der Waals surface area contributed by atoms with Gasteiger partial charge >= 0.3 is 6.09 Å². The van der Waals surface area contributed by atoms with Gasteiger partial charge in [-0.15, -0.1) is 4.99 Å². The summed E-state index contributed by atoms with van der Waals surface area (Å²) in [5, 5.41) is 3.20. The molecule has 1 aromatic heterocycles. The van der Waals surface area contributed by atoms with Crippen molar-refractivity contribution < 1.29 is 14.3 Å². The normalized spacial score (nSPS) is 12.7. The Balaban J connectivity index is 1.62. The number of ether oxygens (including phenoxy) is 1. The Morgan fingerprint density at radius 2 is 1.26 bits per heavy atom. The van der Waals surface area contributed by atoms with Gasteiger partial charge in [-0.3, -0.25) is 4.79 Å². The summed E-state index contributed by atoms with van der Waals surface area (Å²) in [6, 6.07) is 32.6. The van der Waals surface area contributed by atoms with E-state index in [1.807, 2.05) is 76.2 Å². The second-order valence-corrected chi connectivity index (χ2v) is 13.1. The van der Waals surface area contributed by atoms with Crippen LogP contribution in [0, 0.1) is 20.8 Å². The number of imidazole rings is 1. The second kappa shape index (κ2) is 14.0. The summed E-state index contributed by atoms with van der Waals surface area (Å²) in [5.74, 6) is -0.0626. The lowest BCUT2D eigenvalue weighted by atomic mass is 10.0. The number of aryl methyl sites for hydroxylation is 3. The van der Waals surface area contributed by atoms with Crippen LogP contribution in [0.25, 0.3) is 11.0 Å². The first kappa shape index (κ1) is 32.5. The SMILES string of the molecule is Cc1ccc(CC(=O)NCC(Cc2ccc(C)cc2)n2c(=NC(=O)OC(C)(C)C)n(Cc3ccc(C)cc3)c3ccccc32)cc1. The molecule has 5 rings (SSSR count). The maximum absolute atomic E-state index is 13.3. The molecule has 238 valence electrons. The molecule has 0 saturated carbocycles. The number of nitrogens with one attached hydrogen (secondary N) is 1. The summed E-state index contributed by atoms with van der Waals surface area (Å²) in [6.07, 6.45) is 0.240. The Labute approximate surface area is 271 Å². The van der Waals surface area contributed by atoms with Gasteiger partial charge in [0.25, 0.3) is 0 Å². The van der Waals surface area contributed by atoms with Gasteiger partial charge in [-0.05, 0) is 76.8 Å². The molecule has 0 aliphatic heterocycles. The van der Waals surface area contributed by atoms with Crippen molar-refractivity contribution in [2.24, 2.45) is 4.99 Å². The van der Waals surface area contributed by atoms with Gasteiger partial charge in [-0.25, -0.2) is 4.79 Å². The number of hydrogen-bond acceptors (Lipinski definition) is 3. The summed E-state index contributed by atoms with van der Waals surface area (Å²) in [4.78, 5) is 31.2. The number of benzene rings is 4. The van der Waals surface area contributed by atoms with Crippen molar-refractivity contribution in [3.63, 3.8) is 0 Å². The quantitative estimate of drug-likeness (QED) is 0.188. The van der Waals surface area contributed by atoms with E-state index in [4.69, 9.17) is 4.74 Å². The van der Waals surface area contributed by atoms with Gasteiger partial charge in [0.1, 0.15) is 5.60 Å². The molecule has 0 aliphatic carbocycles. The van der Waals surface area contributed by atoms with Gasteiger partial charge in [-0.2, -0.15) is 0 Å². The first-order valence-electron chi connectivity index (χ1n) is 15.9.